The highest BCUT2D eigenvalue weighted by atomic mass is 16.5. The van der Waals surface area contributed by atoms with Gasteiger partial charge in [0.2, 0.25) is 5.91 Å². The van der Waals surface area contributed by atoms with E-state index >= 15 is 0 Å². The summed E-state index contributed by atoms with van der Waals surface area (Å²) in [4.78, 5) is 14.7. The first-order chi connectivity index (χ1) is 10.1. The summed E-state index contributed by atoms with van der Waals surface area (Å²) in [5.74, 6) is 1.44. The smallest absolute Gasteiger partial charge is 0.225 e. The van der Waals surface area contributed by atoms with Crippen LogP contribution in [0, 0.1) is 11.8 Å². The molecule has 2 unspecified atom stereocenters. The van der Waals surface area contributed by atoms with E-state index in [-0.39, 0.29) is 18.1 Å². The lowest BCUT2D eigenvalue weighted by Crippen LogP contribution is -2.53. The minimum atomic E-state index is 0.0126. The third-order valence-corrected chi connectivity index (χ3v) is 5.06. The predicted molar refractivity (Wildman–Crippen MR) is 84.9 cm³/mol. The van der Waals surface area contributed by atoms with Crippen LogP contribution in [0.5, 0.6) is 0 Å². The Kier molecular flexibility index (Phi) is 6.49. The Hall–Kier alpha value is -0.610. The topological polar surface area (TPSA) is 55.6 Å². The van der Waals surface area contributed by atoms with E-state index in [0.29, 0.717) is 19.0 Å². The van der Waals surface area contributed by atoms with Crippen LogP contribution in [0.1, 0.15) is 58.8 Å². The second-order valence-electron chi connectivity index (χ2n) is 6.91. The Morgan fingerprint density at radius 3 is 2.57 bits per heavy atom. The van der Waals surface area contributed by atoms with Crippen molar-refractivity contribution in [3.63, 3.8) is 0 Å². The Bertz CT molecular complexity index is 327. The van der Waals surface area contributed by atoms with Gasteiger partial charge in [0.25, 0.3) is 0 Å². The Balaban J connectivity index is 1.81. The standard InChI is InChI=1S/C17H32N2O2/c1-3-4-5-14-6-8-15(9-7-14)17(20)19-11-13(2)21-16(10-18)12-19/h13-16H,3-12,18H2,1-2H3. The van der Waals surface area contributed by atoms with Crippen LogP contribution in [0.25, 0.3) is 0 Å². The SMILES string of the molecule is CCCCC1CCC(C(=O)N2CC(C)OC(CN)C2)CC1. The van der Waals surface area contributed by atoms with Crippen LogP contribution in [-0.4, -0.2) is 42.6 Å². The Morgan fingerprint density at radius 2 is 1.95 bits per heavy atom. The van der Waals surface area contributed by atoms with Crippen molar-refractivity contribution < 1.29 is 9.53 Å². The molecule has 1 heterocycles. The van der Waals surface area contributed by atoms with Crippen molar-refractivity contribution in [1.82, 2.24) is 4.90 Å². The van der Waals surface area contributed by atoms with Crippen LogP contribution in [0.2, 0.25) is 0 Å². The van der Waals surface area contributed by atoms with Crippen LogP contribution in [0.3, 0.4) is 0 Å². The van der Waals surface area contributed by atoms with Crippen molar-refractivity contribution in [3.05, 3.63) is 0 Å². The van der Waals surface area contributed by atoms with Gasteiger partial charge in [0.1, 0.15) is 0 Å². The number of nitrogens with zero attached hydrogens (tertiary/aromatic N) is 1. The summed E-state index contributed by atoms with van der Waals surface area (Å²) in [6.07, 6.45) is 8.70. The molecule has 2 rings (SSSR count). The van der Waals surface area contributed by atoms with Crippen LogP contribution in [0.4, 0.5) is 0 Å². The molecular formula is C17H32N2O2. The van der Waals surface area contributed by atoms with E-state index in [9.17, 15) is 4.79 Å². The fraction of sp³-hybridized carbons (Fsp3) is 0.941. The van der Waals surface area contributed by atoms with Gasteiger partial charge >= 0.3 is 0 Å². The molecule has 4 nitrogen and oxygen atoms in total. The molecule has 0 radical (unpaired) electrons. The third kappa shape index (κ3) is 4.68. The zero-order chi connectivity index (χ0) is 15.2. The molecule has 4 heteroatoms. The number of morpholine rings is 1. The molecule has 1 aliphatic heterocycles. The molecule has 0 bridgehead atoms. The van der Waals surface area contributed by atoms with Gasteiger partial charge in [-0.3, -0.25) is 4.79 Å². The molecule has 2 aliphatic rings. The maximum absolute atomic E-state index is 12.7. The first-order valence-electron chi connectivity index (χ1n) is 8.78. The van der Waals surface area contributed by atoms with E-state index < -0.39 is 0 Å². The minimum Gasteiger partial charge on any atom is -0.370 e. The highest BCUT2D eigenvalue weighted by Gasteiger charge is 2.33. The van der Waals surface area contributed by atoms with Gasteiger partial charge in [0.15, 0.2) is 0 Å². The molecule has 122 valence electrons. The lowest BCUT2D eigenvalue weighted by atomic mass is 9.79. The number of hydrogen-bond donors (Lipinski definition) is 1. The summed E-state index contributed by atoms with van der Waals surface area (Å²) < 4.78 is 5.75. The molecule has 2 N–H and O–H groups in total. The molecule has 21 heavy (non-hydrogen) atoms. The zero-order valence-electron chi connectivity index (χ0n) is 13.7. The van der Waals surface area contributed by atoms with E-state index in [1.54, 1.807) is 0 Å². The number of nitrogens with two attached hydrogens (primary N) is 1. The fourth-order valence-electron chi connectivity index (χ4n) is 3.80. The van der Waals surface area contributed by atoms with Gasteiger partial charge in [-0.25, -0.2) is 0 Å². The summed E-state index contributed by atoms with van der Waals surface area (Å²) in [6, 6.07) is 0. The predicted octanol–water partition coefficient (Wildman–Crippen LogP) is 2.56. The summed E-state index contributed by atoms with van der Waals surface area (Å²) in [5.41, 5.74) is 5.71. The quantitative estimate of drug-likeness (QED) is 0.848. The second kappa shape index (κ2) is 8.14. The maximum atomic E-state index is 12.7. The fourth-order valence-corrected chi connectivity index (χ4v) is 3.80. The largest absolute Gasteiger partial charge is 0.370 e. The third-order valence-electron chi connectivity index (χ3n) is 5.06. The van der Waals surface area contributed by atoms with Gasteiger partial charge in [-0.05, 0) is 38.5 Å². The van der Waals surface area contributed by atoms with Crippen molar-refractivity contribution in [3.8, 4) is 0 Å². The Labute approximate surface area is 129 Å². The van der Waals surface area contributed by atoms with Gasteiger partial charge in [-0.15, -0.1) is 0 Å². The first-order valence-corrected chi connectivity index (χ1v) is 8.78. The van der Waals surface area contributed by atoms with Crippen molar-refractivity contribution in [1.29, 1.82) is 0 Å². The van der Waals surface area contributed by atoms with E-state index in [4.69, 9.17) is 10.5 Å². The van der Waals surface area contributed by atoms with Crippen LogP contribution in [0.15, 0.2) is 0 Å². The van der Waals surface area contributed by atoms with Crippen LogP contribution < -0.4 is 5.73 Å². The molecule has 2 atom stereocenters. The number of carbonyl (C=O) groups is 1. The number of carbonyl (C=O) groups excluding carboxylic acids is 1. The van der Waals surface area contributed by atoms with E-state index in [1.807, 2.05) is 11.8 Å². The van der Waals surface area contributed by atoms with Crippen molar-refractivity contribution >= 4 is 5.91 Å². The van der Waals surface area contributed by atoms with Gasteiger partial charge in [0, 0.05) is 25.6 Å². The summed E-state index contributed by atoms with van der Waals surface area (Å²) in [6.45, 7) is 6.19. The normalized spacial score (nSPS) is 34.0. The average molecular weight is 296 g/mol. The molecule has 0 aromatic heterocycles. The molecule has 1 saturated heterocycles. The van der Waals surface area contributed by atoms with E-state index in [1.165, 1.54) is 32.1 Å². The highest BCUT2D eigenvalue weighted by molar-refractivity contribution is 5.79. The van der Waals surface area contributed by atoms with Crippen molar-refractivity contribution in [2.45, 2.75) is 71.0 Å². The lowest BCUT2D eigenvalue weighted by Gasteiger charge is -2.39. The van der Waals surface area contributed by atoms with Crippen LogP contribution in [-0.2, 0) is 9.53 Å². The highest BCUT2D eigenvalue weighted by Crippen LogP contribution is 2.33. The monoisotopic (exact) mass is 296 g/mol. The molecule has 0 aromatic rings. The van der Waals surface area contributed by atoms with Crippen LogP contribution >= 0.6 is 0 Å². The molecule has 1 amide bonds. The number of hydrogen-bond acceptors (Lipinski definition) is 3. The number of amides is 1. The van der Waals surface area contributed by atoms with Gasteiger partial charge < -0.3 is 15.4 Å². The minimum absolute atomic E-state index is 0.0126. The maximum Gasteiger partial charge on any atom is 0.225 e. The first kappa shape index (κ1) is 16.8. The number of rotatable bonds is 5. The van der Waals surface area contributed by atoms with Gasteiger partial charge in [-0.2, -0.15) is 0 Å². The summed E-state index contributed by atoms with van der Waals surface area (Å²) in [5, 5.41) is 0. The lowest BCUT2D eigenvalue weighted by molar-refractivity contribution is -0.149. The molecule has 0 spiro atoms. The molecule has 2 fully saturated rings. The second-order valence-corrected chi connectivity index (χ2v) is 6.91. The summed E-state index contributed by atoms with van der Waals surface area (Å²) >= 11 is 0. The van der Waals surface area contributed by atoms with Crippen molar-refractivity contribution in [2.75, 3.05) is 19.6 Å². The zero-order valence-corrected chi connectivity index (χ0v) is 13.7. The number of ether oxygens (including phenoxy) is 1. The van der Waals surface area contributed by atoms with E-state index in [0.717, 1.165) is 25.3 Å². The van der Waals surface area contributed by atoms with Crippen molar-refractivity contribution in [2.24, 2.45) is 17.6 Å². The number of unbranched alkanes of at least 4 members (excludes halogenated alkanes) is 1. The van der Waals surface area contributed by atoms with Gasteiger partial charge in [-0.1, -0.05) is 26.2 Å². The molecule has 0 aromatic carbocycles. The Morgan fingerprint density at radius 1 is 1.24 bits per heavy atom. The molecule has 1 saturated carbocycles. The average Bonchev–Trinajstić information content (AvgIpc) is 2.52. The molecule has 1 aliphatic carbocycles. The summed E-state index contributed by atoms with van der Waals surface area (Å²) in [7, 11) is 0. The van der Waals surface area contributed by atoms with E-state index in [2.05, 4.69) is 6.92 Å². The van der Waals surface area contributed by atoms with Gasteiger partial charge in [0.05, 0.1) is 12.2 Å². The molecular weight excluding hydrogens is 264 g/mol.